The third kappa shape index (κ3) is 2.09. The predicted octanol–water partition coefficient (Wildman–Crippen LogP) is 5.44. The van der Waals surface area contributed by atoms with Crippen molar-refractivity contribution in [3.05, 3.63) is 58.6 Å². The first-order valence-corrected chi connectivity index (χ1v) is 8.17. The van der Waals surface area contributed by atoms with E-state index in [1.54, 1.807) is 11.3 Å². The van der Waals surface area contributed by atoms with E-state index in [2.05, 4.69) is 50.0 Å². The molecule has 0 aliphatic carbocycles. The van der Waals surface area contributed by atoms with Crippen molar-refractivity contribution in [1.29, 1.82) is 0 Å². The molecule has 0 saturated heterocycles. The molecular weight excluding hydrogens is 288 g/mol. The number of fused-ring (bicyclic) bond motifs is 3. The summed E-state index contributed by atoms with van der Waals surface area (Å²) in [6.07, 6.45) is 1.84. The van der Waals surface area contributed by atoms with Crippen LogP contribution in [0.4, 0.5) is 0 Å². The lowest BCUT2D eigenvalue weighted by Gasteiger charge is -2.08. The van der Waals surface area contributed by atoms with E-state index >= 15 is 0 Å². The van der Waals surface area contributed by atoms with Crippen LogP contribution in [0, 0.1) is 20.8 Å². The lowest BCUT2D eigenvalue weighted by atomic mass is 10.0. The largest absolute Gasteiger partial charge is 0.253 e. The summed E-state index contributed by atoms with van der Waals surface area (Å²) in [6.45, 7) is 6.41. The molecule has 3 heterocycles. The van der Waals surface area contributed by atoms with Crippen molar-refractivity contribution < 1.29 is 0 Å². The summed E-state index contributed by atoms with van der Waals surface area (Å²) in [6, 6.07) is 12.8. The molecule has 0 unspecified atom stereocenters. The summed E-state index contributed by atoms with van der Waals surface area (Å²) in [5.74, 6) is 0. The van der Waals surface area contributed by atoms with Gasteiger partial charge in [0.2, 0.25) is 0 Å². The summed E-state index contributed by atoms with van der Waals surface area (Å²) in [7, 11) is 0. The molecule has 2 nitrogen and oxygen atoms in total. The van der Waals surface area contributed by atoms with Gasteiger partial charge in [-0.05, 0) is 51.1 Å². The number of benzene rings is 1. The molecule has 22 heavy (non-hydrogen) atoms. The van der Waals surface area contributed by atoms with Crippen LogP contribution in [0.25, 0.3) is 32.4 Å². The molecule has 4 rings (SSSR count). The third-order valence-corrected chi connectivity index (χ3v) is 4.90. The molecule has 0 saturated carbocycles. The Hall–Kier alpha value is -2.26. The van der Waals surface area contributed by atoms with Crippen LogP contribution in [0.15, 0.2) is 42.6 Å². The zero-order chi connectivity index (χ0) is 15.3. The maximum absolute atomic E-state index is 4.91. The first-order chi connectivity index (χ1) is 10.6. The van der Waals surface area contributed by atoms with Crippen LogP contribution in [-0.4, -0.2) is 9.97 Å². The van der Waals surface area contributed by atoms with Gasteiger partial charge in [-0.15, -0.1) is 11.3 Å². The smallest absolute Gasteiger partial charge is 0.106 e. The molecule has 0 radical (unpaired) electrons. The molecule has 0 aliphatic rings. The number of aromatic nitrogens is 2. The first kappa shape index (κ1) is 13.4. The minimum absolute atomic E-state index is 0.964. The highest BCUT2D eigenvalue weighted by atomic mass is 32.1. The summed E-state index contributed by atoms with van der Waals surface area (Å²) >= 11 is 1.80. The normalized spacial score (nSPS) is 11.4. The fourth-order valence-corrected chi connectivity index (χ4v) is 4.06. The minimum atomic E-state index is 0.964. The molecule has 0 amide bonds. The van der Waals surface area contributed by atoms with Gasteiger partial charge in [0.1, 0.15) is 5.52 Å². The summed E-state index contributed by atoms with van der Waals surface area (Å²) in [5.41, 5.74) is 6.75. The zero-order valence-corrected chi connectivity index (χ0v) is 13.7. The van der Waals surface area contributed by atoms with Crippen molar-refractivity contribution in [2.75, 3.05) is 0 Å². The summed E-state index contributed by atoms with van der Waals surface area (Å²) in [5, 5.41) is 1.21. The second-order valence-electron chi connectivity index (χ2n) is 5.81. The summed E-state index contributed by atoms with van der Waals surface area (Å²) < 4.78 is 1.23. The van der Waals surface area contributed by atoms with Crippen molar-refractivity contribution in [3.8, 4) is 11.3 Å². The van der Waals surface area contributed by atoms with Crippen LogP contribution in [0.5, 0.6) is 0 Å². The SMILES string of the molecule is Cc1cc(C)cc(-c2nc3cccnc3c3sc(C)cc23)c1. The lowest BCUT2D eigenvalue weighted by molar-refractivity contribution is 1.34. The average Bonchev–Trinajstić information content (AvgIpc) is 2.87. The Labute approximate surface area is 133 Å². The Morgan fingerprint density at radius 2 is 1.73 bits per heavy atom. The van der Waals surface area contributed by atoms with E-state index in [1.165, 1.54) is 31.7 Å². The van der Waals surface area contributed by atoms with E-state index < -0.39 is 0 Å². The molecule has 1 aromatic carbocycles. The summed E-state index contributed by atoms with van der Waals surface area (Å²) in [4.78, 5) is 10.7. The van der Waals surface area contributed by atoms with Gasteiger partial charge in [0.15, 0.2) is 0 Å². The number of hydrogen-bond acceptors (Lipinski definition) is 3. The monoisotopic (exact) mass is 304 g/mol. The van der Waals surface area contributed by atoms with Crippen LogP contribution >= 0.6 is 11.3 Å². The molecule has 108 valence electrons. The Bertz CT molecular complexity index is 994. The van der Waals surface area contributed by atoms with E-state index in [0.29, 0.717) is 0 Å². The van der Waals surface area contributed by atoms with Gasteiger partial charge in [-0.2, -0.15) is 0 Å². The third-order valence-electron chi connectivity index (χ3n) is 3.84. The van der Waals surface area contributed by atoms with Crippen molar-refractivity contribution in [2.45, 2.75) is 20.8 Å². The molecule has 0 spiro atoms. The number of aryl methyl sites for hydroxylation is 3. The Kier molecular flexibility index (Phi) is 2.98. The zero-order valence-electron chi connectivity index (χ0n) is 12.8. The highest BCUT2D eigenvalue weighted by molar-refractivity contribution is 7.20. The number of thiophene rings is 1. The predicted molar refractivity (Wildman–Crippen MR) is 94.6 cm³/mol. The fourth-order valence-electron chi connectivity index (χ4n) is 3.04. The van der Waals surface area contributed by atoms with Crippen molar-refractivity contribution in [2.24, 2.45) is 0 Å². The van der Waals surface area contributed by atoms with Gasteiger partial charge in [-0.25, -0.2) is 4.98 Å². The molecule has 3 aromatic heterocycles. The number of pyridine rings is 2. The van der Waals surface area contributed by atoms with Gasteiger partial charge in [-0.3, -0.25) is 4.98 Å². The van der Waals surface area contributed by atoms with Gasteiger partial charge in [0.05, 0.1) is 15.9 Å². The second-order valence-corrected chi connectivity index (χ2v) is 7.06. The van der Waals surface area contributed by atoms with Crippen LogP contribution in [0.1, 0.15) is 16.0 Å². The number of hydrogen-bond donors (Lipinski definition) is 0. The van der Waals surface area contributed by atoms with Crippen LogP contribution in [-0.2, 0) is 0 Å². The van der Waals surface area contributed by atoms with E-state index in [4.69, 9.17) is 4.98 Å². The minimum Gasteiger partial charge on any atom is -0.253 e. The molecular formula is C19H16N2S. The van der Waals surface area contributed by atoms with E-state index in [1.807, 2.05) is 18.3 Å². The Balaban J connectivity index is 2.15. The van der Waals surface area contributed by atoms with Gasteiger partial charge < -0.3 is 0 Å². The standard InChI is InChI=1S/C19H16N2S/c1-11-7-12(2)9-14(8-11)17-15-10-13(3)22-19(15)18-16(21-17)5-4-6-20-18/h4-10H,1-3H3. The first-order valence-electron chi connectivity index (χ1n) is 7.35. The van der Waals surface area contributed by atoms with Gasteiger partial charge in [-0.1, -0.05) is 17.2 Å². The maximum Gasteiger partial charge on any atom is 0.106 e. The molecule has 4 aromatic rings. The molecule has 0 bridgehead atoms. The van der Waals surface area contributed by atoms with Crippen molar-refractivity contribution in [1.82, 2.24) is 9.97 Å². The maximum atomic E-state index is 4.91. The lowest BCUT2D eigenvalue weighted by Crippen LogP contribution is -1.90. The topological polar surface area (TPSA) is 25.8 Å². The quantitative estimate of drug-likeness (QED) is 0.468. The van der Waals surface area contributed by atoms with E-state index in [0.717, 1.165) is 16.7 Å². The number of nitrogens with zero attached hydrogens (tertiary/aromatic N) is 2. The van der Waals surface area contributed by atoms with Crippen LogP contribution in [0.2, 0.25) is 0 Å². The van der Waals surface area contributed by atoms with Gasteiger partial charge in [0, 0.05) is 22.0 Å². The van der Waals surface area contributed by atoms with Crippen LogP contribution in [0.3, 0.4) is 0 Å². The Morgan fingerprint density at radius 1 is 0.955 bits per heavy atom. The van der Waals surface area contributed by atoms with Crippen molar-refractivity contribution in [3.63, 3.8) is 0 Å². The highest BCUT2D eigenvalue weighted by Gasteiger charge is 2.13. The van der Waals surface area contributed by atoms with Crippen LogP contribution < -0.4 is 0 Å². The average molecular weight is 304 g/mol. The van der Waals surface area contributed by atoms with Crippen molar-refractivity contribution >= 4 is 32.5 Å². The fraction of sp³-hybridized carbons (Fsp3) is 0.158. The highest BCUT2D eigenvalue weighted by Crippen LogP contribution is 2.37. The van der Waals surface area contributed by atoms with E-state index in [9.17, 15) is 0 Å². The number of rotatable bonds is 1. The molecule has 0 atom stereocenters. The molecule has 3 heteroatoms. The molecule has 0 fully saturated rings. The van der Waals surface area contributed by atoms with Gasteiger partial charge in [0.25, 0.3) is 0 Å². The Morgan fingerprint density at radius 3 is 2.50 bits per heavy atom. The van der Waals surface area contributed by atoms with Gasteiger partial charge >= 0.3 is 0 Å². The molecule has 0 aliphatic heterocycles. The molecule has 0 N–H and O–H groups in total. The second kappa shape index (κ2) is 4.89. The van der Waals surface area contributed by atoms with E-state index in [-0.39, 0.29) is 0 Å².